The predicted molar refractivity (Wildman–Crippen MR) is 74.8 cm³/mol. The van der Waals surface area contributed by atoms with E-state index < -0.39 is 0 Å². The van der Waals surface area contributed by atoms with Crippen LogP contribution in [0.4, 0.5) is 0 Å². The number of nitrogens with one attached hydrogen (secondary N) is 1. The fourth-order valence-electron chi connectivity index (χ4n) is 2.57. The van der Waals surface area contributed by atoms with Gasteiger partial charge in [-0.15, -0.1) is 0 Å². The summed E-state index contributed by atoms with van der Waals surface area (Å²) in [5, 5.41) is 3.45. The molecule has 1 rings (SSSR count). The molecule has 0 spiro atoms. The monoisotopic (exact) mass is 258 g/mol. The summed E-state index contributed by atoms with van der Waals surface area (Å²) in [6, 6.07) is 0.703. The van der Waals surface area contributed by atoms with E-state index in [4.69, 9.17) is 9.47 Å². The van der Waals surface area contributed by atoms with Crippen molar-refractivity contribution in [2.75, 3.05) is 39.4 Å². The van der Waals surface area contributed by atoms with E-state index in [0.717, 1.165) is 39.3 Å². The molecule has 1 atom stereocenters. The molecule has 0 radical (unpaired) electrons. The Morgan fingerprint density at radius 2 is 1.89 bits per heavy atom. The van der Waals surface area contributed by atoms with Crippen LogP contribution in [0.5, 0.6) is 0 Å². The van der Waals surface area contributed by atoms with E-state index in [-0.39, 0.29) is 6.29 Å². The van der Waals surface area contributed by atoms with Crippen molar-refractivity contribution in [1.82, 2.24) is 10.2 Å². The Hall–Kier alpha value is -0.160. The van der Waals surface area contributed by atoms with Gasteiger partial charge in [0.1, 0.15) is 0 Å². The SMILES string of the molecule is CCCN(CCC(OCC)OCC)C1CCNC1. The Labute approximate surface area is 112 Å². The molecule has 0 aromatic heterocycles. The molecule has 0 amide bonds. The number of rotatable bonds is 10. The summed E-state index contributed by atoms with van der Waals surface area (Å²) in [6.07, 6.45) is 3.42. The predicted octanol–water partition coefficient (Wildman–Crippen LogP) is 1.85. The molecular weight excluding hydrogens is 228 g/mol. The van der Waals surface area contributed by atoms with Crippen LogP contribution in [-0.4, -0.2) is 56.6 Å². The maximum atomic E-state index is 5.61. The van der Waals surface area contributed by atoms with Crippen molar-refractivity contribution in [1.29, 1.82) is 0 Å². The van der Waals surface area contributed by atoms with Gasteiger partial charge in [-0.3, -0.25) is 4.90 Å². The lowest BCUT2D eigenvalue weighted by atomic mass is 10.2. The zero-order chi connectivity index (χ0) is 13.2. The quantitative estimate of drug-likeness (QED) is 0.606. The van der Waals surface area contributed by atoms with Crippen molar-refractivity contribution in [2.45, 2.75) is 52.4 Å². The number of hydrogen-bond donors (Lipinski definition) is 1. The zero-order valence-electron chi connectivity index (χ0n) is 12.3. The second-order valence-electron chi connectivity index (χ2n) is 4.81. The molecule has 4 heteroatoms. The van der Waals surface area contributed by atoms with E-state index in [2.05, 4.69) is 17.1 Å². The van der Waals surface area contributed by atoms with E-state index in [9.17, 15) is 0 Å². The second kappa shape index (κ2) is 9.73. The molecule has 4 nitrogen and oxygen atoms in total. The molecule has 1 unspecified atom stereocenters. The molecule has 18 heavy (non-hydrogen) atoms. The van der Waals surface area contributed by atoms with Crippen molar-refractivity contribution in [3.05, 3.63) is 0 Å². The van der Waals surface area contributed by atoms with Crippen LogP contribution in [0, 0.1) is 0 Å². The van der Waals surface area contributed by atoms with Gasteiger partial charge in [-0.25, -0.2) is 0 Å². The minimum absolute atomic E-state index is 0.0336. The minimum atomic E-state index is -0.0336. The maximum Gasteiger partial charge on any atom is 0.158 e. The average Bonchev–Trinajstić information content (AvgIpc) is 2.88. The molecule has 0 aromatic rings. The van der Waals surface area contributed by atoms with Crippen LogP contribution < -0.4 is 5.32 Å². The minimum Gasteiger partial charge on any atom is -0.353 e. The summed E-state index contributed by atoms with van der Waals surface area (Å²) in [7, 11) is 0. The van der Waals surface area contributed by atoms with Gasteiger partial charge in [0, 0.05) is 38.8 Å². The van der Waals surface area contributed by atoms with Gasteiger partial charge in [0.25, 0.3) is 0 Å². The molecular formula is C14H30N2O2. The summed E-state index contributed by atoms with van der Waals surface area (Å²) in [5.74, 6) is 0. The maximum absolute atomic E-state index is 5.61. The van der Waals surface area contributed by atoms with E-state index in [0.29, 0.717) is 6.04 Å². The van der Waals surface area contributed by atoms with Gasteiger partial charge in [0.2, 0.25) is 0 Å². The average molecular weight is 258 g/mol. The first-order valence-corrected chi connectivity index (χ1v) is 7.49. The zero-order valence-corrected chi connectivity index (χ0v) is 12.3. The highest BCUT2D eigenvalue weighted by Crippen LogP contribution is 2.12. The molecule has 0 aromatic carbocycles. The third-order valence-electron chi connectivity index (χ3n) is 3.42. The van der Waals surface area contributed by atoms with Crippen LogP contribution in [0.3, 0.4) is 0 Å². The van der Waals surface area contributed by atoms with Crippen molar-refractivity contribution >= 4 is 0 Å². The Morgan fingerprint density at radius 3 is 2.39 bits per heavy atom. The number of nitrogens with zero attached hydrogens (tertiary/aromatic N) is 1. The molecule has 0 saturated carbocycles. The van der Waals surface area contributed by atoms with Gasteiger partial charge in [-0.2, -0.15) is 0 Å². The highest BCUT2D eigenvalue weighted by molar-refractivity contribution is 4.80. The summed E-state index contributed by atoms with van der Waals surface area (Å²) >= 11 is 0. The standard InChI is InChI=1S/C14H30N2O2/c1-4-10-16(13-7-9-15-12-13)11-8-14(17-5-2)18-6-3/h13-15H,4-12H2,1-3H3. The summed E-state index contributed by atoms with van der Waals surface area (Å²) in [4.78, 5) is 2.59. The third kappa shape index (κ3) is 5.65. The number of ether oxygens (including phenoxy) is 2. The lowest BCUT2D eigenvalue weighted by molar-refractivity contribution is -0.142. The van der Waals surface area contributed by atoms with E-state index >= 15 is 0 Å². The Balaban J connectivity index is 2.34. The first-order valence-electron chi connectivity index (χ1n) is 7.49. The van der Waals surface area contributed by atoms with Crippen molar-refractivity contribution in [3.63, 3.8) is 0 Å². The van der Waals surface area contributed by atoms with Gasteiger partial charge >= 0.3 is 0 Å². The molecule has 1 N–H and O–H groups in total. The molecule has 1 saturated heterocycles. The van der Waals surface area contributed by atoms with E-state index in [1.54, 1.807) is 0 Å². The normalized spacial score (nSPS) is 20.2. The number of hydrogen-bond acceptors (Lipinski definition) is 4. The van der Waals surface area contributed by atoms with Crippen LogP contribution >= 0.6 is 0 Å². The first kappa shape index (κ1) is 15.9. The molecule has 1 aliphatic rings. The summed E-state index contributed by atoms with van der Waals surface area (Å²) < 4.78 is 11.2. The van der Waals surface area contributed by atoms with Gasteiger partial charge in [-0.05, 0) is 39.8 Å². The molecule has 0 aliphatic carbocycles. The van der Waals surface area contributed by atoms with Crippen molar-refractivity contribution < 1.29 is 9.47 Å². The molecule has 1 fully saturated rings. The first-order chi connectivity index (χ1) is 8.81. The van der Waals surface area contributed by atoms with Gasteiger partial charge < -0.3 is 14.8 Å². The van der Waals surface area contributed by atoms with Crippen LogP contribution in [0.2, 0.25) is 0 Å². The smallest absolute Gasteiger partial charge is 0.158 e. The molecule has 1 heterocycles. The molecule has 1 aliphatic heterocycles. The Morgan fingerprint density at radius 1 is 1.17 bits per heavy atom. The highest BCUT2D eigenvalue weighted by atomic mass is 16.7. The van der Waals surface area contributed by atoms with Gasteiger partial charge in [0.05, 0.1) is 0 Å². The van der Waals surface area contributed by atoms with Crippen LogP contribution in [0.15, 0.2) is 0 Å². The Kier molecular flexibility index (Phi) is 8.59. The Bertz CT molecular complexity index is 190. The summed E-state index contributed by atoms with van der Waals surface area (Å²) in [5.41, 5.74) is 0. The molecule has 108 valence electrons. The lowest BCUT2D eigenvalue weighted by Gasteiger charge is -2.29. The fourth-order valence-corrected chi connectivity index (χ4v) is 2.57. The fraction of sp³-hybridized carbons (Fsp3) is 1.00. The molecule has 0 bridgehead atoms. The topological polar surface area (TPSA) is 33.7 Å². The van der Waals surface area contributed by atoms with E-state index in [1.165, 1.54) is 19.4 Å². The second-order valence-corrected chi connectivity index (χ2v) is 4.81. The lowest BCUT2D eigenvalue weighted by Crippen LogP contribution is -2.39. The largest absolute Gasteiger partial charge is 0.353 e. The highest BCUT2D eigenvalue weighted by Gasteiger charge is 2.22. The van der Waals surface area contributed by atoms with Crippen molar-refractivity contribution in [2.24, 2.45) is 0 Å². The van der Waals surface area contributed by atoms with Crippen LogP contribution in [-0.2, 0) is 9.47 Å². The van der Waals surface area contributed by atoms with E-state index in [1.807, 2.05) is 13.8 Å². The third-order valence-corrected chi connectivity index (χ3v) is 3.42. The van der Waals surface area contributed by atoms with Gasteiger partial charge in [0.15, 0.2) is 6.29 Å². The van der Waals surface area contributed by atoms with Crippen LogP contribution in [0.25, 0.3) is 0 Å². The van der Waals surface area contributed by atoms with Crippen LogP contribution in [0.1, 0.15) is 40.0 Å². The van der Waals surface area contributed by atoms with Crippen molar-refractivity contribution in [3.8, 4) is 0 Å². The summed E-state index contributed by atoms with van der Waals surface area (Å²) in [6.45, 7) is 12.3. The van der Waals surface area contributed by atoms with Gasteiger partial charge in [-0.1, -0.05) is 6.92 Å².